The Morgan fingerprint density at radius 3 is 2.89 bits per heavy atom. The van der Waals surface area contributed by atoms with Crippen LogP contribution >= 0.6 is 0 Å². The van der Waals surface area contributed by atoms with Crippen LogP contribution in [0.4, 0.5) is 0 Å². The van der Waals surface area contributed by atoms with E-state index in [9.17, 15) is 4.79 Å². The highest BCUT2D eigenvalue weighted by Crippen LogP contribution is 2.04. The number of hydrogen-bond acceptors (Lipinski definition) is 4. The molecular formula is C13H23N3O2. The molecule has 18 heavy (non-hydrogen) atoms. The molecule has 5 heteroatoms. The van der Waals surface area contributed by atoms with Crippen molar-refractivity contribution in [2.24, 2.45) is 0 Å². The minimum absolute atomic E-state index is 0.199. The van der Waals surface area contributed by atoms with Crippen LogP contribution in [0.5, 0.6) is 0 Å². The van der Waals surface area contributed by atoms with Crippen molar-refractivity contribution in [3.05, 3.63) is 18.2 Å². The number of nitrogens with zero attached hydrogens (tertiary/aromatic N) is 2. The summed E-state index contributed by atoms with van der Waals surface area (Å²) >= 11 is 0. The van der Waals surface area contributed by atoms with Crippen LogP contribution in [0, 0.1) is 0 Å². The third kappa shape index (κ3) is 4.14. The number of likely N-dealkylation sites (N-methyl/N-ethyl adjacent to an activating group) is 1. The lowest BCUT2D eigenvalue weighted by Gasteiger charge is -2.18. The van der Waals surface area contributed by atoms with Crippen LogP contribution in [0.1, 0.15) is 33.0 Å². The second-order valence-corrected chi connectivity index (χ2v) is 4.11. The number of aryl methyl sites for hydroxylation is 1. The Balaban J connectivity index is 2.69. The fourth-order valence-electron chi connectivity index (χ4n) is 1.87. The summed E-state index contributed by atoms with van der Waals surface area (Å²) in [6, 6.07) is -0.306. The van der Waals surface area contributed by atoms with E-state index in [1.54, 1.807) is 6.20 Å². The van der Waals surface area contributed by atoms with Gasteiger partial charge in [0.05, 0.1) is 6.61 Å². The van der Waals surface area contributed by atoms with E-state index < -0.39 is 0 Å². The molecule has 0 saturated heterocycles. The molecule has 0 fully saturated rings. The van der Waals surface area contributed by atoms with Gasteiger partial charge in [-0.1, -0.05) is 13.8 Å². The molecule has 0 aliphatic rings. The molecule has 1 aromatic rings. The zero-order valence-electron chi connectivity index (χ0n) is 11.5. The fraction of sp³-hybridized carbons (Fsp3) is 0.692. The Hall–Kier alpha value is -1.36. The van der Waals surface area contributed by atoms with E-state index >= 15 is 0 Å². The van der Waals surface area contributed by atoms with Gasteiger partial charge in [-0.3, -0.25) is 4.79 Å². The van der Waals surface area contributed by atoms with Crippen molar-refractivity contribution in [3.63, 3.8) is 0 Å². The van der Waals surface area contributed by atoms with Crippen molar-refractivity contribution in [1.29, 1.82) is 0 Å². The average molecular weight is 253 g/mol. The summed E-state index contributed by atoms with van der Waals surface area (Å²) in [5.41, 5.74) is 0. The lowest BCUT2D eigenvalue weighted by atomic mass is 10.2. The maximum atomic E-state index is 11.8. The quantitative estimate of drug-likeness (QED) is 0.711. The lowest BCUT2D eigenvalue weighted by Crippen LogP contribution is -2.41. The van der Waals surface area contributed by atoms with Gasteiger partial charge in [0.2, 0.25) is 0 Å². The maximum absolute atomic E-state index is 11.8. The van der Waals surface area contributed by atoms with Gasteiger partial charge in [-0.15, -0.1) is 0 Å². The Bertz CT molecular complexity index is 363. The third-order valence-electron chi connectivity index (χ3n) is 2.68. The molecule has 1 N–H and O–H groups in total. The Morgan fingerprint density at radius 1 is 1.50 bits per heavy atom. The van der Waals surface area contributed by atoms with Gasteiger partial charge in [-0.2, -0.15) is 0 Å². The predicted octanol–water partition coefficient (Wildman–Crippen LogP) is 1.38. The van der Waals surface area contributed by atoms with Gasteiger partial charge in [0.15, 0.2) is 0 Å². The molecule has 0 aromatic carbocycles. The highest BCUT2D eigenvalue weighted by Gasteiger charge is 2.19. The summed E-state index contributed by atoms with van der Waals surface area (Å²) in [5, 5.41) is 3.15. The first-order valence-electron chi connectivity index (χ1n) is 6.62. The molecule has 5 nitrogen and oxygen atoms in total. The number of esters is 1. The number of hydrogen-bond donors (Lipinski definition) is 1. The lowest BCUT2D eigenvalue weighted by molar-refractivity contribution is -0.146. The number of ether oxygens (including phenoxy) is 1. The number of carbonyl (C=O) groups excluding carboxylic acids is 1. The SMILES string of the molecule is CCCc1nccn1CC(NCC)C(=O)OCC. The van der Waals surface area contributed by atoms with Gasteiger partial charge >= 0.3 is 5.97 Å². The predicted molar refractivity (Wildman–Crippen MR) is 70.3 cm³/mol. The zero-order valence-corrected chi connectivity index (χ0v) is 11.5. The molecule has 1 unspecified atom stereocenters. The summed E-state index contributed by atoms with van der Waals surface area (Å²) in [7, 11) is 0. The van der Waals surface area contributed by atoms with Crippen LogP contribution in [0.25, 0.3) is 0 Å². The third-order valence-corrected chi connectivity index (χ3v) is 2.68. The smallest absolute Gasteiger partial charge is 0.324 e. The second kappa shape index (κ2) is 7.87. The Morgan fingerprint density at radius 2 is 2.28 bits per heavy atom. The highest BCUT2D eigenvalue weighted by molar-refractivity contribution is 5.75. The van der Waals surface area contributed by atoms with Crippen LogP contribution in [-0.4, -0.2) is 34.7 Å². The standard InChI is InChI=1S/C13H23N3O2/c1-4-7-12-15-8-9-16(12)10-11(14-5-2)13(17)18-6-3/h8-9,11,14H,4-7,10H2,1-3H3. The van der Waals surface area contributed by atoms with Gasteiger partial charge in [-0.05, 0) is 19.9 Å². The van der Waals surface area contributed by atoms with Crippen LogP contribution in [0.15, 0.2) is 12.4 Å². The summed E-state index contributed by atoms with van der Waals surface area (Å²) in [6.45, 7) is 7.63. The van der Waals surface area contributed by atoms with Crippen molar-refractivity contribution >= 4 is 5.97 Å². The van der Waals surface area contributed by atoms with Gasteiger partial charge in [0.25, 0.3) is 0 Å². The fourth-order valence-corrected chi connectivity index (χ4v) is 1.87. The molecule has 1 rings (SSSR count). The van der Waals surface area contributed by atoms with Gasteiger partial charge in [0, 0.05) is 25.4 Å². The second-order valence-electron chi connectivity index (χ2n) is 4.11. The minimum Gasteiger partial charge on any atom is -0.465 e. The molecule has 0 saturated carbocycles. The largest absolute Gasteiger partial charge is 0.465 e. The number of carbonyl (C=O) groups is 1. The van der Waals surface area contributed by atoms with Crippen LogP contribution < -0.4 is 5.32 Å². The first-order valence-corrected chi connectivity index (χ1v) is 6.62. The topological polar surface area (TPSA) is 56.2 Å². The summed E-state index contributed by atoms with van der Waals surface area (Å²) in [5.74, 6) is 0.820. The van der Waals surface area contributed by atoms with Crippen molar-refractivity contribution in [3.8, 4) is 0 Å². The van der Waals surface area contributed by atoms with E-state index in [1.165, 1.54) is 0 Å². The average Bonchev–Trinajstić information content (AvgIpc) is 2.77. The number of rotatable bonds is 8. The van der Waals surface area contributed by atoms with E-state index in [2.05, 4.69) is 17.2 Å². The number of aromatic nitrogens is 2. The van der Waals surface area contributed by atoms with Gasteiger partial charge < -0.3 is 14.6 Å². The molecule has 0 bridgehead atoms. The Labute approximate surface area is 109 Å². The molecule has 1 heterocycles. The molecule has 102 valence electrons. The van der Waals surface area contributed by atoms with E-state index in [-0.39, 0.29) is 12.0 Å². The number of nitrogens with one attached hydrogen (secondary N) is 1. The van der Waals surface area contributed by atoms with E-state index in [0.29, 0.717) is 13.2 Å². The molecular weight excluding hydrogens is 230 g/mol. The van der Waals surface area contributed by atoms with Crippen molar-refractivity contribution in [1.82, 2.24) is 14.9 Å². The van der Waals surface area contributed by atoms with Crippen LogP contribution in [0.3, 0.4) is 0 Å². The normalized spacial score (nSPS) is 12.4. The van der Waals surface area contributed by atoms with Gasteiger partial charge in [-0.25, -0.2) is 4.98 Å². The first kappa shape index (κ1) is 14.7. The van der Waals surface area contributed by atoms with E-state index in [4.69, 9.17) is 4.74 Å². The zero-order chi connectivity index (χ0) is 13.4. The molecule has 0 spiro atoms. The van der Waals surface area contributed by atoms with Crippen LogP contribution in [-0.2, 0) is 22.5 Å². The van der Waals surface area contributed by atoms with E-state index in [0.717, 1.165) is 25.2 Å². The highest BCUT2D eigenvalue weighted by atomic mass is 16.5. The minimum atomic E-state index is -0.306. The van der Waals surface area contributed by atoms with Crippen molar-refractivity contribution < 1.29 is 9.53 Å². The first-order chi connectivity index (χ1) is 8.72. The molecule has 0 aliphatic carbocycles. The van der Waals surface area contributed by atoms with E-state index in [1.807, 2.05) is 24.6 Å². The molecule has 1 atom stereocenters. The monoisotopic (exact) mass is 253 g/mol. The van der Waals surface area contributed by atoms with Crippen molar-refractivity contribution in [2.45, 2.75) is 46.2 Å². The van der Waals surface area contributed by atoms with Crippen molar-refractivity contribution in [2.75, 3.05) is 13.2 Å². The summed E-state index contributed by atoms with van der Waals surface area (Å²) in [6.07, 6.45) is 5.66. The molecule has 0 amide bonds. The molecule has 1 aromatic heterocycles. The number of imidazole rings is 1. The molecule has 0 radical (unpaired) electrons. The van der Waals surface area contributed by atoms with Crippen LogP contribution in [0.2, 0.25) is 0 Å². The maximum Gasteiger partial charge on any atom is 0.324 e. The summed E-state index contributed by atoms with van der Waals surface area (Å²) in [4.78, 5) is 16.1. The van der Waals surface area contributed by atoms with Gasteiger partial charge in [0.1, 0.15) is 11.9 Å². The Kier molecular flexibility index (Phi) is 6.43. The summed E-state index contributed by atoms with van der Waals surface area (Å²) < 4.78 is 7.09. The molecule has 0 aliphatic heterocycles.